The van der Waals surface area contributed by atoms with Crippen LogP contribution in [-0.4, -0.2) is 27.9 Å². The Morgan fingerprint density at radius 2 is 1.85 bits per heavy atom. The Kier molecular flexibility index (Phi) is 4.65. The maximum atomic E-state index is 11.3. The zero-order valence-corrected chi connectivity index (χ0v) is 12.2. The van der Waals surface area contributed by atoms with Crippen LogP contribution in [0, 0.1) is 13.8 Å². The summed E-state index contributed by atoms with van der Waals surface area (Å²) in [5.74, 6) is 0.751. The quantitative estimate of drug-likeness (QED) is 0.638. The zero-order valence-electron chi connectivity index (χ0n) is 12.2. The number of nitrogens with zero attached hydrogens (tertiary/aromatic N) is 3. The van der Waals surface area contributed by atoms with Crippen molar-refractivity contribution in [1.82, 2.24) is 15.3 Å². The van der Waals surface area contributed by atoms with E-state index in [0.717, 1.165) is 24.2 Å². The van der Waals surface area contributed by atoms with E-state index in [1.54, 1.807) is 0 Å². The number of guanidine groups is 1. The number of aliphatic imine (C=N–C) groups is 1. The lowest BCUT2D eigenvalue weighted by Crippen LogP contribution is -2.36. The van der Waals surface area contributed by atoms with Gasteiger partial charge in [0.2, 0.25) is 17.8 Å². The van der Waals surface area contributed by atoms with Crippen LogP contribution in [0.1, 0.15) is 44.0 Å². The third-order valence-corrected chi connectivity index (χ3v) is 3.14. The minimum absolute atomic E-state index is 0.154. The minimum atomic E-state index is -0.154. The molecule has 1 amide bonds. The van der Waals surface area contributed by atoms with E-state index in [4.69, 9.17) is 0 Å². The molecule has 1 aromatic rings. The SMILES string of the molecule is CC(=O)NC(=NC1CCCC1)Nc1nc(C)cc(C)n1. The van der Waals surface area contributed by atoms with Crippen molar-refractivity contribution in [2.45, 2.75) is 52.5 Å². The molecule has 1 heterocycles. The second kappa shape index (κ2) is 6.45. The first kappa shape index (κ1) is 14.4. The molecule has 0 unspecified atom stereocenters. The number of rotatable bonds is 2. The number of carbonyl (C=O) groups is 1. The molecule has 0 aliphatic heterocycles. The Hall–Kier alpha value is -1.98. The number of hydrogen-bond donors (Lipinski definition) is 2. The molecule has 0 radical (unpaired) electrons. The molecule has 1 aliphatic carbocycles. The first-order valence-electron chi connectivity index (χ1n) is 6.97. The molecule has 0 bridgehead atoms. The van der Waals surface area contributed by atoms with E-state index in [1.807, 2.05) is 19.9 Å². The van der Waals surface area contributed by atoms with Crippen LogP contribution >= 0.6 is 0 Å². The normalized spacial score (nSPS) is 16.2. The summed E-state index contributed by atoms with van der Waals surface area (Å²) in [7, 11) is 0. The zero-order chi connectivity index (χ0) is 14.5. The molecule has 1 saturated carbocycles. The van der Waals surface area contributed by atoms with Crippen LogP contribution in [0.2, 0.25) is 0 Å². The topological polar surface area (TPSA) is 79.3 Å². The predicted octanol–water partition coefficient (Wildman–Crippen LogP) is 1.94. The molecule has 6 nitrogen and oxygen atoms in total. The molecule has 6 heteroatoms. The summed E-state index contributed by atoms with van der Waals surface area (Å²) in [4.78, 5) is 24.4. The van der Waals surface area contributed by atoms with Gasteiger partial charge in [0.05, 0.1) is 6.04 Å². The van der Waals surface area contributed by atoms with Crippen molar-refractivity contribution in [3.8, 4) is 0 Å². The van der Waals surface area contributed by atoms with Gasteiger partial charge in [-0.15, -0.1) is 0 Å². The summed E-state index contributed by atoms with van der Waals surface area (Å²) in [6.07, 6.45) is 4.53. The predicted molar refractivity (Wildman–Crippen MR) is 78.6 cm³/mol. The molecule has 0 saturated heterocycles. The largest absolute Gasteiger partial charge is 0.297 e. The number of carbonyl (C=O) groups excluding carboxylic acids is 1. The molecule has 1 fully saturated rings. The molecule has 1 aliphatic rings. The van der Waals surface area contributed by atoms with Crippen LogP contribution in [0.15, 0.2) is 11.1 Å². The van der Waals surface area contributed by atoms with Gasteiger partial charge in [0.15, 0.2) is 0 Å². The van der Waals surface area contributed by atoms with Crippen LogP contribution in [0.5, 0.6) is 0 Å². The number of aromatic nitrogens is 2. The Bertz CT molecular complexity index is 500. The molecule has 108 valence electrons. The number of amides is 1. The fourth-order valence-corrected chi connectivity index (χ4v) is 2.37. The van der Waals surface area contributed by atoms with Gasteiger partial charge in [-0.25, -0.2) is 15.0 Å². The Morgan fingerprint density at radius 3 is 2.40 bits per heavy atom. The van der Waals surface area contributed by atoms with Crippen molar-refractivity contribution in [3.05, 3.63) is 17.5 Å². The summed E-state index contributed by atoms with van der Waals surface area (Å²) < 4.78 is 0. The van der Waals surface area contributed by atoms with Crippen molar-refractivity contribution in [2.24, 2.45) is 4.99 Å². The second-order valence-corrected chi connectivity index (χ2v) is 5.20. The fourth-order valence-electron chi connectivity index (χ4n) is 2.37. The lowest BCUT2D eigenvalue weighted by molar-refractivity contribution is -0.117. The van der Waals surface area contributed by atoms with Gasteiger partial charge in [-0.2, -0.15) is 0 Å². The smallest absolute Gasteiger partial charge is 0.229 e. The van der Waals surface area contributed by atoms with Gasteiger partial charge in [0.1, 0.15) is 0 Å². The van der Waals surface area contributed by atoms with Gasteiger partial charge in [-0.3, -0.25) is 15.4 Å². The highest BCUT2D eigenvalue weighted by Crippen LogP contribution is 2.20. The number of hydrogen-bond acceptors (Lipinski definition) is 4. The van der Waals surface area contributed by atoms with Crippen molar-refractivity contribution < 1.29 is 4.79 Å². The Labute approximate surface area is 119 Å². The summed E-state index contributed by atoms with van der Waals surface area (Å²) in [5.41, 5.74) is 1.76. The minimum Gasteiger partial charge on any atom is -0.297 e. The van der Waals surface area contributed by atoms with E-state index in [0.29, 0.717) is 11.9 Å². The molecule has 2 N–H and O–H groups in total. The van der Waals surface area contributed by atoms with Crippen LogP contribution in [-0.2, 0) is 4.79 Å². The maximum absolute atomic E-state index is 11.3. The van der Waals surface area contributed by atoms with E-state index in [-0.39, 0.29) is 11.9 Å². The lowest BCUT2D eigenvalue weighted by atomic mass is 10.3. The molecule has 2 rings (SSSR count). The van der Waals surface area contributed by atoms with E-state index in [2.05, 4.69) is 25.6 Å². The maximum Gasteiger partial charge on any atom is 0.229 e. The van der Waals surface area contributed by atoms with Crippen LogP contribution in [0.4, 0.5) is 5.95 Å². The molecule has 0 spiro atoms. The van der Waals surface area contributed by atoms with E-state index < -0.39 is 0 Å². The number of aryl methyl sites for hydroxylation is 2. The molecule has 0 aromatic carbocycles. The van der Waals surface area contributed by atoms with Crippen molar-refractivity contribution >= 4 is 17.8 Å². The highest BCUT2D eigenvalue weighted by Gasteiger charge is 2.16. The number of nitrogens with one attached hydrogen (secondary N) is 2. The Morgan fingerprint density at radius 1 is 1.25 bits per heavy atom. The summed E-state index contributed by atoms with van der Waals surface area (Å²) in [6, 6.07) is 2.17. The molecule has 0 atom stereocenters. The van der Waals surface area contributed by atoms with Gasteiger partial charge < -0.3 is 0 Å². The highest BCUT2D eigenvalue weighted by atomic mass is 16.1. The first-order chi connectivity index (χ1) is 9.52. The van der Waals surface area contributed by atoms with Crippen molar-refractivity contribution in [3.63, 3.8) is 0 Å². The van der Waals surface area contributed by atoms with Gasteiger partial charge in [-0.1, -0.05) is 12.8 Å². The van der Waals surface area contributed by atoms with E-state index in [9.17, 15) is 4.79 Å². The highest BCUT2D eigenvalue weighted by molar-refractivity contribution is 6.02. The van der Waals surface area contributed by atoms with Crippen LogP contribution < -0.4 is 10.6 Å². The Balaban J connectivity index is 2.15. The summed E-state index contributed by atoms with van der Waals surface area (Å²) in [6.45, 7) is 5.28. The van der Waals surface area contributed by atoms with Crippen molar-refractivity contribution in [1.29, 1.82) is 0 Å². The summed E-state index contributed by atoms with van der Waals surface area (Å²) >= 11 is 0. The van der Waals surface area contributed by atoms with Gasteiger partial charge >= 0.3 is 0 Å². The third kappa shape index (κ3) is 4.29. The molecular weight excluding hydrogens is 254 g/mol. The average molecular weight is 275 g/mol. The number of anilines is 1. The summed E-state index contributed by atoms with van der Waals surface area (Å²) in [5, 5.41) is 5.73. The van der Waals surface area contributed by atoms with Crippen LogP contribution in [0.25, 0.3) is 0 Å². The van der Waals surface area contributed by atoms with Gasteiger partial charge in [0, 0.05) is 18.3 Å². The first-order valence-corrected chi connectivity index (χ1v) is 6.97. The van der Waals surface area contributed by atoms with E-state index in [1.165, 1.54) is 19.8 Å². The fraction of sp³-hybridized carbons (Fsp3) is 0.571. The van der Waals surface area contributed by atoms with Crippen molar-refractivity contribution in [2.75, 3.05) is 5.32 Å². The van der Waals surface area contributed by atoms with E-state index >= 15 is 0 Å². The lowest BCUT2D eigenvalue weighted by Gasteiger charge is -2.12. The van der Waals surface area contributed by atoms with Gasteiger partial charge in [-0.05, 0) is 32.8 Å². The molecule has 20 heavy (non-hydrogen) atoms. The molecular formula is C14H21N5O. The standard InChI is InChI=1S/C14H21N5O/c1-9-8-10(2)16-13(15-9)19-14(17-11(3)20)18-12-6-4-5-7-12/h8,12H,4-7H2,1-3H3,(H2,15,16,17,18,19,20). The molecule has 1 aromatic heterocycles. The second-order valence-electron chi connectivity index (χ2n) is 5.20. The average Bonchev–Trinajstić information content (AvgIpc) is 2.79. The monoisotopic (exact) mass is 275 g/mol. The third-order valence-electron chi connectivity index (χ3n) is 3.14. The van der Waals surface area contributed by atoms with Crippen LogP contribution in [0.3, 0.4) is 0 Å². The van der Waals surface area contributed by atoms with Gasteiger partial charge in [0.25, 0.3) is 0 Å².